The second-order valence-corrected chi connectivity index (χ2v) is 5.06. The van der Waals surface area contributed by atoms with E-state index < -0.39 is 20.8 Å². The van der Waals surface area contributed by atoms with Crippen molar-refractivity contribution >= 4 is 10.0 Å². The monoisotopic (exact) mass is 166 g/mol. The Morgan fingerprint density at radius 3 is 1.60 bits per heavy atom. The highest BCUT2D eigenvalue weighted by Crippen LogP contribution is 2.19. The molecule has 0 saturated carbocycles. The van der Waals surface area contributed by atoms with Crippen molar-refractivity contribution in [3.8, 4) is 0 Å². The Balaban J connectivity index is 4.56. The molecule has 0 rings (SSSR count). The van der Waals surface area contributed by atoms with Gasteiger partial charge in [0.05, 0.1) is 0 Å². The molecule has 4 nitrogen and oxygen atoms in total. The van der Waals surface area contributed by atoms with Crippen LogP contribution >= 0.6 is 0 Å². The zero-order chi connectivity index (χ0) is 8.58. The van der Waals surface area contributed by atoms with E-state index in [1.54, 1.807) is 20.8 Å². The number of primary sulfonamides is 1. The first-order valence-electron chi connectivity index (χ1n) is 2.93. The molecule has 10 heavy (non-hydrogen) atoms. The molecule has 0 fully saturated rings. The van der Waals surface area contributed by atoms with Crippen molar-refractivity contribution in [1.82, 2.24) is 0 Å². The maximum Gasteiger partial charge on any atom is 0.225 e. The van der Waals surface area contributed by atoms with Gasteiger partial charge in [-0.1, -0.05) is 20.8 Å². The molecular formula is C5H14N2O2S. The fraction of sp³-hybridized carbons (Fsp3) is 1.00. The Labute approximate surface area is 61.6 Å². The largest absolute Gasteiger partial charge is 0.314 e. The topological polar surface area (TPSA) is 86.2 Å². The lowest BCUT2D eigenvalue weighted by Crippen LogP contribution is -2.45. The van der Waals surface area contributed by atoms with Crippen LogP contribution in [-0.2, 0) is 10.0 Å². The summed E-state index contributed by atoms with van der Waals surface area (Å²) in [6, 6.07) is 0. The van der Waals surface area contributed by atoms with Gasteiger partial charge in [0.15, 0.2) is 0 Å². The van der Waals surface area contributed by atoms with Gasteiger partial charge in [0.2, 0.25) is 10.0 Å². The Morgan fingerprint density at radius 2 is 1.60 bits per heavy atom. The van der Waals surface area contributed by atoms with Crippen LogP contribution in [0, 0.1) is 5.41 Å². The highest BCUT2D eigenvalue weighted by atomic mass is 32.2. The van der Waals surface area contributed by atoms with Gasteiger partial charge < -0.3 is 5.73 Å². The third kappa shape index (κ3) is 2.64. The lowest BCUT2D eigenvalue weighted by molar-refractivity contribution is 0.382. The number of sulfonamides is 1. The molecule has 5 heteroatoms. The van der Waals surface area contributed by atoms with Crippen molar-refractivity contribution in [3.05, 3.63) is 0 Å². The molecule has 0 aromatic heterocycles. The van der Waals surface area contributed by atoms with Crippen molar-refractivity contribution in [2.24, 2.45) is 16.3 Å². The summed E-state index contributed by atoms with van der Waals surface area (Å²) in [6.45, 7) is 5.17. The van der Waals surface area contributed by atoms with E-state index in [9.17, 15) is 8.42 Å². The maximum absolute atomic E-state index is 10.6. The van der Waals surface area contributed by atoms with Crippen molar-refractivity contribution < 1.29 is 8.42 Å². The highest BCUT2D eigenvalue weighted by Gasteiger charge is 2.29. The van der Waals surface area contributed by atoms with Crippen LogP contribution in [0.1, 0.15) is 20.8 Å². The van der Waals surface area contributed by atoms with Gasteiger partial charge in [-0.2, -0.15) is 0 Å². The molecule has 0 radical (unpaired) electrons. The van der Waals surface area contributed by atoms with E-state index in [-0.39, 0.29) is 0 Å². The minimum atomic E-state index is -3.58. The van der Waals surface area contributed by atoms with Crippen LogP contribution in [0.25, 0.3) is 0 Å². The summed E-state index contributed by atoms with van der Waals surface area (Å²) in [5.41, 5.74) is 4.82. The molecule has 0 bridgehead atoms. The van der Waals surface area contributed by atoms with E-state index in [0.29, 0.717) is 0 Å². The van der Waals surface area contributed by atoms with Gasteiger partial charge in [0.25, 0.3) is 0 Å². The normalized spacial score (nSPS) is 16.9. The van der Waals surface area contributed by atoms with E-state index >= 15 is 0 Å². The highest BCUT2D eigenvalue weighted by molar-refractivity contribution is 7.89. The summed E-state index contributed by atoms with van der Waals surface area (Å²) in [5.74, 6) is 0. The Bertz CT molecular complexity index is 202. The van der Waals surface area contributed by atoms with Gasteiger partial charge in [-0.3, -0.25) is 0 Å². The third-order valence-electron chi connectivity index (χ3n) is 1.21. The van der Waals surface area contributed by atoms with Crippen LogP contribution in [0.3, 0.4) is 0 Å². The molecule has 0 amide bonds. The van der Waals surface area contributed by atoms with Gasteiger partial charge in [0, 0.05) is 0 Å². The molecule has 1 unspecified atom stereocenters. The molecule has 0 aromatic carbocycles. The molecule has 0 spiro atoms. The summed E-state index contributed by atoms with van der Waals surface area (Å²) >= 11 is 0. The van der Waals surface area contributed by atoms with Crippen LogP contribution < -0.4 is 10.9 Å². The number of hydrogen-bond donors (Lipinski definition) is 2. The number of rotatable bonds is 1. The predicted octanol–water partition coefficient (Wildman–Crippen LogP) is -0.394. The van der Waals surface area contributed by atoms with E-state index in [1.807, 2.05) is 0 Å². The van der Waals surface area contributed by atoms with Gasteiger partial charge in [-0.15, -0.1) is 0 Å². The van der Waals surface area contributed by atoms with Crippen molar-refractivity contribution in [2.45, 2.75) is 26.1 Å². The molecule has 0 heterocycles. The number of nitrogens with two attached hydrogens (primary N) is 2. The molecule has 0 aliphatic heterocycles. The van der Waals surface area contributed by atoms with Gasteiger partial charge >= 0.3 is 0 Å². The summed E-state index contributed by atoms with van der Waals surface area (Å²) in [6.07, 6.45) is 0. The van der Waals surface area contributed by atoms with Crippen LogP contribution in [-0.4, -0.2) is 13.8 Å². The molecule has 62 valence electrons. The maximum atomic E-state index is 10.6. The summed E-state index contributed by atoms with van der Waals surface area (Å²) in [4.78, 5) is 0. The Hall–Kier alpha value is -0.130. The standard InChI is InChI=1S/C5H14N2O2S/c1-5(2,3)4(6)10(7,8)9/h4H,6H2,1-3H3,(H2,7,8,9). The second kappa shape index (κ2) is 2.48. The van der Waals surface area contributed by atoms with E-state index in [1.165, 1.54) is 0 Å². The zero-order valence-corrected chi connectivity index (χ0v) is 7.27. The van der Waals surface area contributed by atoms with E-state index in [4.69, 9.17) is 10.9 Å². The van der Waals surface area contributed by atoms with Crippen LogP contribution in [0.4, 0.5) is 0 Å². The lowest BCUT2D eigenvalue weighted by atomic mass is 9.97. The first-order valence-corrected chi connectivity index (χ1v) is 4.54. The SMILES string of the molecule is CC(C)(C)C(N)S(N)(=O)=O. The van der Waals surface area contributed by atoms with Crippen LogP contribution in [0.5, 0.6) is 0 Å². The van der Waals surface area contributed by atoms with E-state index in [0.717, 1.165) is 0 Å². The molecule has 1 atom stereocenters. The first-order chi connectivity index (χ1) is 4.15. The molecule has 0 aliphatic rings. The van der Waals surface area contributed by atoms with Crippen molar-refractivity contribution in [2.75, 3.05) is 0 Å². The van der Waals surface area contributed by atoms with Gasteiger partial charge in [-0.05, 0) is 5.41 Å². The average molecular weight is 166 g/mol. The van der Waals surface area contributed by atoms with Gasteiger partial charge in [-0.25, -0.2) is 13.6 Å². The molecular weight excluding hydrogens is 152 g/mol. The van der Waals surface area contributed by atoms with Gasteiger partial charge in [0.1, 0.15) is 5.37 Å². The number of hydrogen-bond acceptors (Lipinski definition) is 3. The average Bonchev–Trinajstić information content (AvgIpc) is 1.59. The second-order valence-electron chi connectivity index (χ2n) is 3.38. The van der Waals surface area contributed by atoms with Crippen LogP contribution in [0.2, 0.25) is 0 Å². The van der Waals surface area contributed by atoms with E-state index in [2.05, 4.69) is 0 Å². The molecule has 0 aromatic rings. The van der Waals surface area contributed by atoms with Crippen molar-refractivity contribution in [1.29, 1.82) is 0 Å². The summed E-state index contributed by atoms with van der Waals surface area (Å²) in [5, 5.41) is 3.83. The zero-order valence-electron chi connectivity index (χ0n) is 6.46. The lowest BCUT2D eigenvalue weighted by Gasteiger charge is -2.24. The smallest absolute Gasteiger partial charge is 0.225 e. The Morgan fingerprint density at radius 1 is 1.30 bits per heavy atom. The third-order valence-corrected chi connectivity index (χ3v) is 2.62. The minimum absolute atomic E-state index is 0.492. The summed E-state index contributed by atoms with van der Waals surface area (Å²) < 4.78 is 21.3. The first kappa shape index (κ1) is 9.87. The molecule has 0 saturated heterocycles. The van der Waals surface area contributed by atoms with Crippen molar-refractivity contribution in [3.63, 3.8) is 0 Å². The molecule has 0 aliphatic carbocycles. The summed E-state index contributed by atoms with van der Waals surface area (Å²) in [7, 11) is -3.58. The van der Waals surface area contributed by atoms with Crippen LogP contribution in [0.15, 0.2) is 0 Å². The minimum Gasteiger partial charge on any atom is -0.314 e. The quantitative estimate of drug-likeness (QED) is 0.556. The Kier molecular flexibility index (Phi) is 2.45. The fourth-order valence-corrected chi connectivity index (χ4v) is 1.48. The molecule has 4 N–H and O–H groups in total. The fourth-order valence-electron chi connectivity index (χ4n) is 0.493. The predicted molar refractivity (Wildman–Crippen MR) is 40.5 cm³/mol.